The molecule has 0 rings (SSSR count). The van der Waals surface area contributed by atoms with Crippen molar-refractivity contribution < 1.29 is 47.1 Å². The van der Waals surface area contributed by atoms with Crippen LogP contribution in [0, 0.1) is 0 Å². The van der Waals surface area contributed by atoms with Crippen LogP contribution in [-0.4, -0.2) is 140 Å². The highest BCUT2D eigenvalue weighted by Crippen LogP contribution is 2.36. The topological polar surface area (TPSA) is 92.3 Å². The molecule has 0 fully saturated rings. The van der Waals surface area contributed by atoms with E-state index < -0.39 is 8.32 Å². The number of ether oxygens (including phenoxy) is 9. The van der Waals surface area contributed by atoms with Crippen LogP contribution < -0.4 is 0 Å². The zero-order valence-electron chi connectivity index (χ0n) is 24.6. The highest BCUT2D eigenvalue weighted by molar-refractivity contribution is 6.74. The summed E-state index contributed by atoms with van der Waals surface area (Å²) >= 11 is 5.50. The van der Waals surface area contributed by atoms with Crippen LogP contribution in [0.25, 0.3) is 0 Å². The Hall–Kier alpha value is 0.107. The van der Waals surface area contributed by atoms with Crippen LogP contribution in [0.2, 0.25) is 18.1 Å². The lowest BCUT2D eigenvalue weighted by atomic mass is 10.2. The second kappa shape index (κ2) is 27.3. The molecule has 0 saturated heterocycles. The van der Waals surface area contributed by atoms with Crippen LogP contribution in [0.1, 0.15) is 20.8 Å². The summed E-state index contributed by atoms with van der Waals surface area (Å²) in [6, 6.07) is 0. The molecule has 0 amide bonds. The van der Waals surface area contributed by atoms with E-state index in [0.717, 1.165) is 0 Å². The lowest BCUT2D eigenvalue weighted by Crippen LogP contribution is -2.41. The number of hydrogen-bond acceptors (Lipinski definition) is 10. The van der Waals surface area contributed by atoms with Gasteiger partial charge < -0.3 is 47.1 Å². The average molecular weight is 591 g/mol. The fraction of sp³-hybridized carbons (Fsp3) is 1.00. The molecular formula is C26H55ClO10Si. The molecule has 0 bridgehead atoms. The van der Waals surface area contributed by atoms with E-state index in [4.69, 9.17) is 58.7 Å². The van der Waals surface area contributed by atoms with Crippen molar-refractivity contribution in [3.05, 3.63) is 0 Å². The Balaban J connectivity index is 3.13. The summed E-state index contributed by atoms with van der Waals surface area (Å²) in [7, 11) is -1.69. The molecule has 0 radical (unpaired) electrons. The van der Waals surface area contributed by atoms with Crippen LogP contribution in [-0.2, 0) is 47.1 Å². The maximum absolute atomic E-state index is 6.07. The predicted molar refractivity (Wildman–Crippen MR) is 151 cm³/mol. The molecule has 0 aromatic rings. The molecule has 0 N–H and O–H groups in total. The van der Waals surface area contributed by atoms with Crippen LogP contribution >= 0.6 is 11.6 Å². The van der Waals surface area contributed by atoms with E-state index in [9.17, 15) is 0 Å². The molecular weight excluding hydrogens is 536 g/mol. The average Bonchev–Trinajstić information content (AvgIpc) is 2.87. The Labute approximate surface area is 237 Å². The third-order valence-corrected chi connectivity index (χ3v) is 10.4. The molecule has 0 aromatic heterocycles. The fourth-order valence-corrected chi connectivity index (χ4v) is 3.62. The van der Waals surface area contributed by atoms with Crippen LogP contribution in [0.15, 0.2) is 0 Å². The molecule has 38 heavy (non-hydrogen) atoms. The Bertz CT molecular complexity index is 483. The van der Waals surface area contributed by atoms with E-state index in [1.807, 2.05) is 0 Å². The largest absolute Gasteiger partial charge is 0.414 e. The SMILES string of the molecule is CC(C)(C)[Si](C)(C)OCCOCCOCCOCCOCCOCCOCCOCCOCCOCCCl. The van der Waals surface area contributed by atoms with Gasteiger partial charge in [-0.3, -0.25) is 0 Å². The molecule has 0 aromatic carbocycles. The summed E-state index contributed by atoms with van der Waals surface area (Å²) in [6.45, 7) is 21.5. The summed E-state index contributed by atoms with van der Waals surface area (Å²) in [5.74, 6) is 0.502. The first-order valence-electron chi connectivity index (χ1n) is 13.7. The first-order valence-corrected chi connectivity index (χ1v) is 17.1. The first-order chi connectivity index (χ1) is 18.3. The minimum atomic E-state index is -1.69. The lowest BCUT2D eigenvalue weighted by Gasteiger charge is -2.36. The van der Waals surface area contributed by atoms with Crippen molar-refractivity contribution in [1.82, 2.24) is 0 Å². The number of hydrogen-bond donors (Lipinski definition) is 0. The Morgan fingerprint density at radius 2 is 0.605 bits per heavy atom. The van der Waals surface area contributed by atoms with Gasteiger partial charge in [0.2, 0.25) is 0 Å². The van der Waals surface area contributed by atoms with Crippen molar-refractivity contribution in [3.8, 4) is 0 Å². The van der Waals surface area contributed by atoms with E-state index in [1.165, 1.54) is 0 Å². The highest BCUT2D eigenvalue weighted by atomic mass is 35.5. The van der Waals surface area contributed by atoms with Gasteiger partial charge in [-0.25, -0.2) is 0 Å². The van der Waals surface area contributed by atoms with Gasteiger partial charge in [0.05, 0.1) is 126 Å². The third-order valence-electron chi connectivity index (χ3n) is 5.69. The maximum atomic E-state index is 6.07. The Morgan fingerprint density at radius 1 is 0.395 bits per heavy atom. The molecule has 230 valence electrons. The molecule has 0 aliphatic carbocycles. The van der Waals surface area contributed by atoms with Gasteiger partial charge in [0.1, 0.15) is 0 Å². The van der Waals surface area contributed by atoms with Gasteiger partial charge in [0.25, 0.3) is 0 Å². The Kier molecular flexibility index (Phi) is 27.4. The predicted octanol–water partition coefficient (Wildman–Crippen LogP) is 3.40. The summed E-state index contributed by atoms with van der Waals surface area (Å²) in [5, 5.41) is 0.222. The van der Waals surface area contributed by atoms with E-state index in [-0.39, 0.29) is 5.04 Å². The summed E-state index contributed by atoms with van der Waals surface area (Å²) in [6.07, 6.45) is 0. The van der Waals surface area contributed by atoms with Crippen molar-refractivity contribution in [2.45, 2.75) is 38.9 Å². The van der Waals surface area contributed by atoms with Gasteiger partial charge in [-0.05, 0) is 18.1 Å². The van der Waals surface area contributed by atoms with Crippen LogP contribution in [0.4, 0.5) is 0 Å². The van der Waals surface area contributed by atoms with E-state index >= 15 is 0 Å². The summed E-state index contributed by atoms with van der Waals surface area (Å²) in [4.78, 5) is 0. The van der Waals surface area contributed by atoms with Crippen molar-refractivity contribution >= 4 is 19.9 Å². The fourth-order valence-electron chi connectivity index (χ4n) is 2.49. The second-order valence-corrected chi connectivity index (χ2v) is 15.0. The smallest absolute Gasteiger partial charge is 0.192 e. The third kappa shape index (κ3) is 26.3. The standard InChI is InChI=1S/C26H55ClO10Si/c1-26(2,3)38(4,5)37-25-24-36-23-22-35-21-20-34-19-18-33-17-16-32-15-14-31-13-12-30-11-10-29-9-8-28-7-6-27/h6-25H2,1-5H3. The molecule has 12 heteroatoms. The molecule has 0 atom stereocenters. The van der Waals surface area contributed by atoms with Gasteiger partial charge in [-0.15, -0.1) is 11.6 Å². The monoisotopic (exact) mass is 590 g/mol. The highest BCUT2D eigenvalue weighted by Gasteiger charge is 2.36. The van der Waals surface area contributed by atoms with Crippen LogP contribution in [0.3, 0.4) is 0 Å². The van der Waals surface area contributed by atoms with Gasteiger partial charge >= 0.3 is 0 Å². The number of alkyl halides is 1. The number of halogens is 1. The van der Waals surface area contributed by atoms with Gasteiger partial charge in [-0.2, -0.15) is 0 Å². The normalized spacial score (nSPS) is 12.5. The summed E-state index contributed by atoms with van der Waals surface area (Å²) in [5.41, 5.74) is 0. The molecule has 0 aliphatic rings. The maximum Gasteiger partial charge on any atom is 0.192 e. The molecule has 0 saturated carbocycles. The molecule has 10 nitrogen and oxygen atoms in total. The molecule has 0 heterocycles. The van der Waals surface area contributed by atoms with Crippen molar-refractivity contribution in [1.29, 1.82) is 0 Å². The Morgan fingerprint density at radius 3 is 0.816 bits per heavy atom. The quantitative estimate of drug-likeness (QED) is 0.0704. The first kappa shape index (κ1) is 38.1. The zero-order chi connectivity index (χ0) is 28.2. The van der Waals surface area contributed by atoms with E-state index in [0.29, 0.717) is 131 Å². The molecule has 0 unspecified atom stereocenters. The van der Waals surface area contributed by atoms with Gasteiger partial charge in [0, 0.05) is 5.88 Å². The van der Waals surface area contributed by atoms with Gasteiger partial charge in [0.15, 0.2) is 8.32 Å². The van der Waals surface area contributed by atoms with Gasteiger partial charge in [-0.1, -0.05) is 20.8 Å². The number of rotatable bonds is 30. The minimum absolute atomic E-state index is 0.222. The molecule has 0 spiro atoms. The summed E-state index contributed by atoms with van der Waals surface area (Å²) < 4.78 is 55.0. The van der Waals surface area contributed by atoms with E-state index in [2.05, 4.69) is 33.9 Å². The zero-order valence-corrected chi connectivity index (χ0v) is 26.4. The van der Waals surface area contributed by atoms with Crippen molar-refractivity contribution in [2.75, 3.05) is 131 Å². The second-order valence-electron chi connectivity index (χ2n) is 9.81. The van der Waals surface area contributed by atoms with E-state index in [1.54, 1.807) is 0 Å². The van der Waals surface area contributed by atoms with Crippen molar-refractivity contribution in [3.63, 3.8) is 0 Å². The lowest BCUT2D eigenvalue weighted by molar-refractivity contribution is -0.0252. The molecule has 0 aliphatic heterocycles. The minimum Gasteiger partial charge on any atom is -0.414 e. The van der Waals surface area contributed by atoms with Crippen LogP contribution in [0.5, 0.6) is 0 Å². The van der Waals surface area contributed by atoms with Crippen molar-refractivity contribution in [2.24, 2.45) is 0 Å².